The normalized spacial score (nSPS) is 18.5. The molecule has 0 aliphatic heterocycles. The molecule has 1 saturated carbocycles. The third kappa shape index (κ3) is 3.18. The standard InChI is InChI=1S/C18H29NO2/c1-5-18(11-7-8-12-18)17(19-6-2)15-13-14(20-3)9-10-16(15)21-4/h9-10,13,17,19H,5-8,11-12H2,1-4H3. The van der Waals surface area contributed by atoms with Gasteiger partial charge in [0.15, 0.2) is 0 Å². The van der Waals surface area contributed by atoms with Crippen LogP contribution in [0.25, 0.3) is 0 Å². The van der Waals surface area contributed by atoms with E-state index in [9.17, 15) is 0 Å². The topological polar surface area (TPSA) is 30.5 Å². The molecule has 1 atom stereocenters. The van der Waals surface area contributed by atoms with Crippen molar-refractivity contribution in [2.24, 2.45) is 5.41 Å². The monoisotopic (exact) mass is 291 g/mol. The summed E-state index contributed by atoms with van der Waals surface area (Å²) in [6.07, 6.45) is 6.46. The fraction of sp³-hybridized carbons (Fsp3) is 0.667. The fourth-order valence-corrected chi connectivity index (χ4v) is 3.85. The van der Waals surface area contributed by atoms with Crippen LogP contribution in [0, 0.1) is 5.41 Å². The highest BCUT2D eigenvalue weighted by atomic mass is 16.5. The van der Waals surface area contributed by atoms with E-state index in [1.807, 2.05) is 12.1 Å². The quantitative estimate of drug-likeness (QED) is 0.811. The summed E-state index contributed by atoms with van der Waals surface area (Å²) >= 11 is 0. The van der Waals surface area contributed by atoms with Crippen LogP contribution in [0.1, 0.15) is 57.6 Å². The van der Waals surface area contributed by atoms with Gasteiger partial charge in [0.1, 0.15) is 11.5 Å². The molecule has 0 radical (unpaired) electrons. The van der Waals surface area contributed by atoms with Crippen molar-refractivity contribution >= 4 is 0 Å². The van der Waals surface area contributed by atoms with Crippen LogP contribution < -0.4 is 14.8 Å². The minimum atomic E-state index is 0.333. The second-order valence-corrected chi connectivity index (χ2v) is 6.02. The molecule has 1 unspecified atom stereocenters. The number of hydrogen-bond donors (Lipinski definition) is 1. The van der Waals surface area contributed by atoms with Gasteiger partial charge in [-0.25, -0.2) is 0 Å². The van der Waals surface area contributed by atoms with E-state index in [0.29, 0.717) is 11.5 Å². The van der Waals surface area contributed by atoms with Gasteiger partial charge in [0, 0.05) is 11.6 Å². The van der Waals surface area contributed by atoms with Gasteiger partial charge < -0.3 is 14.8 Å². The zero-order valence-electron chi connectivity index (χ0n) is 13.9. The number of benzene rings is 1. The molecular weight excluding hydrogens is 262 g/mol. The van der Waals surface area contributed by atoms with Crippen molar-refractivity contribution < 1.29 is 9.47 Å². The maximum Gasteiger partial charge on any atom is 0.123 e. The average molecular weight is 291 g/mol. The number of nitrogens with one attached hydrogen (secondary N) is 1. The third-order valence-corrected chi connectivity index (χ3v) is 5.07. The van der Waals surface area contributed by atoms with Crippen LogP contribution in [-0.2, 0) is 0 Å². The lowest BCUT2D eigenvalue weighted by Crippen LogP contribution is -2.36. The van der Waals surface area contributed by atoms with Crippen molar-refractivity contribution in [2.45, 2.75) is 52.0 Å². The van der Waals surface area contributed by atoms with Crippen molar-refractivity contribution in [2.75, 3.05) is 20.8 Å². The number of rotatable bonds is 7. The van der Waals surface area contributed by atoms with Crippen LogP contribution in [0.2, 0.25) is 0 Å². The van der Waals surface area contributed by atoms with E-state index in [4.69, 9.17) is 9.47 Å². The molecule has 0 amide bonds. The molecule has 1 aliphatic carbocycles. The van der Waals surface area contributed by atoms with Crippen molar-refractivity contribution in [3.05, 3.63) is 23.8 Å². The number of methoxy groups -OCH3 is 2. The molecule has 0 spiro atoms. The number of ether oxygens (including phenoxy) is 2. The maximum atomic E-state index is 5.63. The first-order valence-corrected chi connectivity index (χ1v) is 8.16. The van der Waals surface area contributed by atoms with E-state index in [1.165, 1.54) is 37.7 Å². The highest BCUT2D eigenvalue weighted by Crippen LogP contribution is 2.51. The van der Waals surface area contributed by atoms with Crippen LogP contribution >= 0.6 is 0 Å². The summed E-state index contributed by atoms with van der Waals surface area (Å²) in [6, 6.07) is 6.47. The Bertz CT molecular complexity index is 453. The lowest BCUT2D eigenvalue weighted by Gasteiger charge is -2.38. The van der Waals surface area contributed by atoms with Gasteiger partial charge in [0.25, 0.3) is 0 Å². The first kappa shape index (κ1) is 16.2. The Morgan fingerprint density at radius 2 is 1.86 bits per heavy atom. The molecule has 118 valence electrons. The zero-order chi connectivity index (χ0) is 15.3. The summed E-state index contributed by atoms with van der Waals surface area (Å²) in [5.74, 6) is 1.86. The lowest BCUT2D eigenvalue weighted by atomic mass is 9.73. The fourth-order valence-electron chi connectivity index (χ4n) is 3.85. The van der Waals surface area contributed by atoms with E-state index < -0.39 is 0 Å². The van der Waals surface area contributed by atoms with Crippen molar-refractivity contribution in [3.63, 3.8) is 0 Å². The summed E-state index contributed by atoms with van der Waals surface area (Å²) in [5.41, 5.74) is 1.58. The van der Waals surface area contributed by atoms with E-state index >= 15 is 0 Å². The summed E-state index contributed by atoms with van der Waals surface area (Å²) in [5, 5.41) is 3.72. The molecule has 1 aromatic carbocycles. The Morgan fingerprint density at radius 3 is 2.38 bits per heavy atom. The van der Waals surface area contributed by atoms with Crippen LogP contribution in [0.4, 0.5) is 0 Å². The first-order chi connectivity index (χ1) is 10.2. The molecule has 0 bridgehead atoms. The summed E-state index contributed by atoms with van der Waals surface area (Å²) in [4.78, 5) is 0. The molecule has 3 nitrogen and oxygen atoms in total. The molecule has 21 heavy (non-hydrogen) atoms. The molecule has 1 fully saturated rings. The van der Waals surface area contributed by atoms with Gasteiger partial charge in [-0.15, -0.1) is 0 Å². The van der Waals surface area contributed by atoms with Crippen LogP contribution in [0.3, 0.4) is 0 Å². The molecular formula is C18H29NO2. The predicted molar refractivity (Wildman–Crippen MR) is 87.2 cm³/mol. The number of hydrogen-bond acceptors (Lipinski definition) is 3. The largest absolute Gasteiger partial charge is 0.497 e. The Labute approximate surface area is 129 Å². The van der Waals surface area contributed by atoms with Gasteiger partial charge in [-0.05, 0) is 49.4 Å². The molecule has 1 aromatic rings. The van der Waals surface area contributed by atoms with Gasteiger partial charge in [0.05, 0.1) is 14.2 Å². The highest BCUT2D eigenvalue weighted by Gasteiger charge is 2.41. The van der Waals surface area contributed by atoms with E-state index in [1.54, 1.807) is 14.2 Å². The average Bonchev–Trinajstić information content (AvgIpc) is 3.02. The van der Waals surface area contributed by atoms with E-state index in [0.717, 1.165) is 18.0 Å². The van der Waals surface area contributed by atoms with Crippen molar-refractivity contribution in [1.29, 1.82) is 0 Å². The Hall–Kier alpha value is -1.22. The Morgan fingerprint density at radius 1 is 1.14 bits per heavy atom. The predicted octanol–water partition coefficient (Wildman–Crippen LogP) is 4.32. The minimum Gasteiger partial charge on any atom is -0.497 e. The van der Waals surface area contributed by atoms with E-state index in [-0.39, 0.29) is 0 Å². The minimum absolute atomic E-state index is 0.333. The Balaban J connectivity index is 2.46. The molecule has 3 heteroatoms. The van der Waals surface area contributed by atoms with Crippen molar-refractivity contribution in [3.8, 4) is 11.5 Å². The molecule has 0 saturated heterocycles. The molecule has 2 rings (SSSR count). The van der Waals surface area contributed by atoms with Gasteiger partial charge in [-0.1, -0.05) is 26.7 Å². The molecule has 0 heterocycles. The smallest absolute Gasteiger partial charge is 0.123 e. The van der Waals surface area contributed by atoms with Gasteiger partial charge in [-0.2, -0.15) is 0 Å². The van der Waals surface area contributed by atoms with Crippen LogP contribution in [0.5, 0.6) is 11.5 Å². The van der Waals surface area contributed by atoms with E-state index in [2.05, 4.69) is 25.2 Å². The second kappa shape index (κ2) is 7.17. The maximum absolute atomic E-state index is 5.63. The highest BCUT2D eigenvalue weighted by molar-refractivity contribution is 5.43. The van der Waals surface area contributed by atoms with Crippen LogP contribution in [0.15, 0.2) is 18.2 Å². The van der Waals surface area contributed by atoms with Gasteiger partial charge >= 0.3 is 0 Å². The van der Waals surface area contributed by atoms with Gasteiger partial charge in [0.2, 0.25) is 0 Å². The molecule has 0 aromatic heterocycles. The molecule has 1 N–H and O–H groups in total. The zero-order valence-corrected chi connectivity index (χ0v) is 13.9. The van der Waals surface area contributed by atoms with Crippen LogP contribution in [-0.4, -0.2) is 20.8 Å². The first-order valence-electron chi connectivity index (χ1n) is 8.16. The van der Waals surface area contributed by atoms with Gasteiger partial charge in [-0.3, -0.25) is 0 Å². The summed E-state index contributed by atoms with van der Waals surface area (Å²) in [7, 11) is 3.47. The Kier molecular flexibility index (Phi) is 5.51. The molecule has 1 aliphatic rings. The van der Waals surface area contributed by atoms with Crippen molar-refractivity contribution in [1.82, 2.24) is 5.32 Å². The lowest BCUT2D eigenvalue weighted by molar-refractivity contribution is 0.185. The summed E-state index contributed by atoms with van der Waals surface area (Å²) in [6.45, 7) is 5.47. The second-order valence-electron chi connectivity index (χ2n) is 6.02. The summed E-state index contributed by atoms with van der Waals surface area (Å²) < 4.78 is 11.1. The third-order valence-electron chi connectivity index (χ3n) is 5.07. The SMILES string of the molecule is CCNC(c1cc(OC)ccc1OC)C1(CC)CCCC1.